The van der Waals surface area contributed by atoms with Crippen LogP contribution >= 0.6 is 0 Å². The van der Waals surface area contributed by atoms with Gasteiger partial charge < -0.3 is 14.3 Å². The third kappa shape index (κ3) is 6.87. The zero-order valence-corrected chi connectivity index (χ0v) is 11.9. The Hall–Kier alpha value is -1.48. The zero-order chi connectivity index (χ0) is 14.3. The van der Waals surface area contributed by atoms with Crippen molar-refractivity contribution >= 4 is 11.6 Å². The van der Waals surface area contributed by atoms with E-state index in [1.807, 2.05) is 31.2 Å². The highest BCUT2D eigenvalue weighted by Crippen LogP contribution is 2.12. The van der Waals surface area contributed by atoms with E-state index in [1.165, 1.54) is 5.56 Å². The standard InChI is InChI=1S/C16H22O3/c1-12-4-6-15(7-5-12)10-19-11-16(8-13(2)17)9-14(3)18/h4-7,16H,8-11H2,1-3H3. The van der Waals surface area contributed by atoms with E-state index in [1.54, 1.807) is 13.8 Å². The Morgan fingerprint density at radius 1 is 1.05 bits per heavy atom. The first kappa shape index (κ1) is 15.6. The second-order valence-corrected chi connectivity index (χ2v) is 5.18. The highest BCUT2D eigenvalue weighted by atomic mass is 16.5. The molecule has 0 fully saturated rings. The van der Waals surface area contributed by atoms with Crippen LogP contribution in [0.25, 0.3) is 0 Å². The molecular weight excluding hydrogens is 240 g/mol. The van der Waals surface area contributed by atoms with E-state index in [4.69, 9.17) is 4.74 Å². The van der Waals surface area contributed by atoms with Crippen LogP contribution in [0, 0.1) is 12.8 Å². The van der Waals surface area contributed by atoms with Crippen molar-refractivity contribution < 1.29 is 14.3 Å². The lowest BCUT2D eigenvalue weighted by Crippen LogP contribution is -2.16. The van der Waals surface area contributed by atoms with Gasteiger partial charge in [0.1, 0.15) is 11.6 Å². The minimum absolute atomic E-state index is 0.000415. The molecule has 0 saturated carbocycles. The molecule has 0 amide bonds. The first-order chi connectivity index (χ1) is 8.97. The van der Waals surface area contributed by atoms with Crippen molar-refractivity contribution in [1.29, 1.82) is 0 Å². The molecule has 0 unspecified atom stereocenters. The van der Waals surface area contributed by atoms with Gasteiger partial charge >= 0.3 is 0 Å². The molecule has 1 aromatic rings. The summed E-state index contributed by atoms with van der Waals surface area (Å²) in [5, 5.41) is 0. The summed E-state index contributed by atoms with van der Waals surface area (Å²) in [6.45, 7) is 6.11. The normalized spacial score (nSPS) is 10.7. The van der Waals surface area contributed by atoms with E-state index in [2.05, 4.69) is 0 Å². The number of hydrogen-bond acceptors (Lipinski definition) is 3. The van der Waals surface area contributed by atoms with Gasteiger partial charge in [0.15, 0.2) is 0 Å². The van der Waals surface area contributed by atoms with Gasteiger partial charge in [-0.15, -0.1) is 0 Å². The molecule has 0 heterocycles. The average Bonchev–Trinajstić information content (AvgIpc) is 2.30. The third-order valence-electron chi connectivity index (χ3n) is 2.90. The lowest BCUT2D eigenvalue weighted by Gasteiger charge is -2.14. The van der Waals surface area contributed by atoms with Gasteiger partial charge in [0, 0.05) is 12.8 Å². The monoisotopic (exact) mass is 262 g/mol. The van der Waals surface area contributed by atoms with Crippen molar-refractivity contribution in [2.45, 2.75) is 40.2 Å². The van der Waals surface area contributed by atoms with Crippen LogP contribution in [-0.4, -0.2) is 18.2 Å². The molecule has 19 heavy (non-hydrogen) atoms. The van der Waals surface area contributed by atoms with Crippen molar-refractivity contribution in [3.63, 3.8) is 0 Å². The summed E-state index contributed by atoms with van der Waals surface area (Å²) in [4.78, 5) is 22.3. The Kier molecular flexibility index (Phi) is 6.43. The molecule has 3 heteroatoms. The van der Waals surface area contributed by atoms with Crippen LogP contribution in [0.1, 0.15) is 37.8 Å². The Morgan fingerprint density at radius 3 is 2.05 bits per heavy atom. The summed E-state index contributed by atoms with van der Waals surface area (Å²) >= 11 is 0. The maximum Gasteiger partial charge on any atom is 0.130 e. The minimum Gasteiger partial charge on any atom is -0.376 e. The fraction of sp³-hybridized carbons (Fsp3) is 0.500. The van der Waals surface area contributed by atoms with E-state index in [0.717, 1.165) is 5.56 Å². The van der Waals surface area contributed by atoms with Crippen molar-refractivity contribution in [2.75, 3.05) is 6.61 Å². The predicted octanol–water partition coefficient (Wildman–Crippen LogP) is 3.09. The molecule has 0 aromatic heterocycles. The number of hydrogen-bond donors (Lipinski definition) is 0. The SMILES string of the molecule is CC(=O)CC(COCc1ccc(C)cc1)CC(C)=O. The van der Waals surface area contributed by atoms with Gasteiger partial charge in [-0.2, -0.15) is 0 Å². The number of carbonyl (C=O) groups excluding carboxylic acids is 2. The number of Topliss-reactive ketones (excluding diaryl/α,β-unsaturated/α-hetero) is 2. The molecule has 1 rings (SSSR count). The summed E-state index contributed by atoms with van der Waals surface area (Å²) in [6, 6.07) is 8.14. The van der Waals surface area contributed by atoms with Crippen LogP contribution < -0.4 is 0 Å². The molecule has 1 aromatic carbocycles. The van der Waals surface area contributed by atoms with E-state index in [0.29, 0.717) is 26.1 Å². The topological polar surface area (TPSA) is 43.4 Å². The summed E-state index contributed by atoms with van der Waals surface area (Å²) in [7, 11) is 0. The molecule has 0 radical (unpaired) electrons. The maximum absolute atomic E-state index is 11.1. The quantitative estimate of drug-likeness (QED) is 0.723. The van der Waals surface area contributed by atoms with E-state index in [9.17, 15) is 9.59 Å². The molecule has 0 aliphatic rings. The van der Waals surface area contributed by atoms with Crippen molar-refractivity contribution in [2.24, 2.45) is 5.92 Å². The molecule has 0 aliphatic carbocycles. The average molecular weight is 262 g/mol. The molecule has 0 spiro atoms. The Balaban J connectivity index is 2.40. The molecule has 0 aliphatic heterocycles. The fourth-order valence-corrected chi connectivity index (χ4v) is 2.03. The minimum atomic E-state index is 0.000415. The van der Waals surface area contributed by atoms with Gasteiger partial charge in [0.2, 0.25) is 0 Å². The molecule has 0 N–H and O–H groups in total. The molecule has 104 valence electrons. The van der Waals surface area contributed by atoms with Gasteiger partial charge in [-0.1, -0.05) is 29.8 Å². The van der Waals surface area contributed by atoms with Crippen LogP contribution in [0.3, 0.4) is 0 Å². The van der Waals surface area contributed by atoms with E-state index >= 15 is 0 Å². The number of ketones is 2. The first-order valence-electron chi connectivity index (χ1n) is 6.59. The van der Waals surface area contributed by atoms with Gasteiger partial charge in [-0.05, 0) is 32.3 Å². The third-order valence-corrected chi connectivity index (χ3v) is 2.90. The number of aryl methyl sites for hydroxylation is 1. The van der Waals surface area contributed by atoms with Gasteiger partial charge in [0.25, 0.3) is 0 Å². The maximum atomic E-state index is 11.1. The van der Waals surface area contributed by atoms with Crippen LogP contribution in [-0.2, 0) is 20.9 Å². The van der Waals surface area contributed by atoms with E-state index < -0.39 is 0 Å². The smallest absolute Gasteiger partial charge is 0.130 e. The molecule has 0 bridgehead atoms. The molecular formula is C16H22O3. The van der Waals surface area contributed by atoms with Crippen LogP contribution in [0.5, 0.6) is 0 Å². The summed E-state index contributed by atoms with van der Waals surface area (Å²) in [5.41, 5.74) is 2.32. The number of rotatable bonds is 8. The highest BCUT2D eigenvalue weighted by Gasteiger charge is 2.14. The second kappa shape index (κ2) is 7.85. The Labute approximate surface area is 115 Å². The van der Waals surface area contributed by atoms with Crippen molar-refractivity contribution in [3.05, 3.63) is 35.4 Å². The summed E-state index contributed by atoms with van der Waals surface area (Å²) < 4.78 is 5.62. The first-order valence-corrected chi connectivity index (χ1v) is 6.59. The fourth-order valence-electron chi connectivity index (χ4n) is 2.03. The molecule has 0 saturated heterocycles. The predicted molar refractivity (Wildman–Crippen MR) is 74.9 cm³/mol. The van der Waals surface area contributed by atoms with Crippen LogP contribution in [0.4, 0.5) is 0 Å². The summed E-state index contributed by atoms with van der Waals surface area (Å²) in [5.74, 6) is 0.204. The Morgan fingerprint density at radius 2 is 1.58 bits per heavy atom. The zero-order valence-electron chi connectivity index (χ0n) is 11.9. The van der Waals surface area contributed by atoms with Crippen molar-refractivity contribution in [3.8, 4) is 0 Å². The highest BCUT2D eigenvalue weighted by molar-refractivity contribution is 5.79. The van der Waals surface area contributed by atoms with Gasteiger partial charge in [0.05, 0.1) is 13.2 Å². The van der Waals surface area contributed by atoms with Gasteiger partial charge in [-0.3, -0.25) is 0 Å². The van der Waals surface area contributed by atoms with Crippen LogP contribution in [0.15, 0.2) is 24.3 Å². The number of benzene rings is 1. The Bertz CT molecular complexity index is 404. The molecule has 0 atom stereocenters. The number of carbonyl (C=O) groups is 2. The van der Waals surface area contributed by atoms with Gasteiger partial charge in [-0.25, -0.2) is 0 Å². The van der Waals surface area contributed by atoms with E-state index in [-0.39, 0.29) is 17.5 Å². The number of ether oxygens (including phenoxy) is 1. The van der Waals surface area contributed by atoms with Crippen molar-refractivity contribution in [1.82, 2.24) is 0 Å². The van der Waals surface area contributed by atoms with Crippen LogP contribution in [0.2, 0.25) is 0 Å². The lowest BCUT2D eigenvalue weighted by molar-refractivity contribution is -0.120. The summed E-state index contributed by atoms with van der Waals surface area (Å²) in [6.07, 6.45) is 0.820. The lowest BCUT2D eigenvalue weighted by atomic mass is 9.98. The second-order valence-electron chi connectivity index (χ2n) is 5.18. The molecule has 3 nitrogen and oxygen atoms in total. The largest absolute Gasteiger partial charge is 0.376 e.